The molecule has 0 saturated carbocycles. The molecule has 1 aliphatic heterocycles. The van der Waals surface area contributed by atoms with E-state index in [-0.39, 0.29) is 6.04 Å². The first-order chi connectivity index (χ1) is 7.93. The lowest BCUT2D eigenvalue weighted by molar-refractivity contribution is 0.348. The molecule has 0 aliphatic carbocycles. The molecule has 1 N–H and O–H groups in total. The van der Waals surface area contributed by atoms with Gasteiger partial charge in [0.05, 0.1) is 0 Å². The summed E-state index contributed by atoms with van der Waals surface area (Å²) in [6, 6.07) is 3.86. The number of rotatable bonds is 2. The van der Waals surface area contributed by atoms with Crippen LogP contribution < -0.4 is 5.32 Å². The van der Waals surface area contributed by atoms with Gasteiger partial charge in [0.15, 0.2) is 0 Å². The van der Waals surface area contributed by atoms with Gasteiger partial charge < -0.3 is 9.84 Å². The maximum atomic E-state index is 5.21. The second-order valence-electron chi connectivity index (χ2n) is 3.56. The van der Waals surface area contributed by atoms with E-state index in [2.05, 4.69) is 20.4 Å². The smallest absolute Gasteiger partial charge is 0.249 e. The van der Waals surface area contributed by atoms with Crippen LogP contribution in [0, 0.1) is 0 Å². The van der Waals surface area contributed by atoms with Crippen molar-refractivity contribution in [3.05, 3.63) is 42.7 Å². The van der Waals surface area contributed by atoms with Gasteiger partial charge in [-0.1, -0.05) is 11.2 Å². The Morgan fingerprint density at radius 1 is 1.44 bits per heavy atom. The lowest BCUT2D eigenvalue weighted by atomic mass is 10.2. The standard InChI is InChI=1S/C11H10N4O/c1-3-8(7-12-5-1)10-14-11(16-15-10)9-4-2-6-13-9/h1-3,5-7,9,13H,4H2. The molecule has 16 heavy (non-hydrogen) atoms. The maximum Gasteiger partial charge on any atom is 0.249 e. The molecule has 0 saturated heterocycles. The summed E-state index contributed by atoms with van der Waals surface area (Å²) in [5.41, 5.74) is 0.864. The fourth-order valence-corrected chi connectivity index (χ4v) is 1.62. The highest BCUT2D eigenvalue weighted by atomic mass is 16.5. The van der Waals surface area contributed by atoms with Crippen molar-refractivity contribution in [1.29, 1.82) is 0 Å². The van der Waals surface area contributed by atoms with Crippen LogP contribution in [-0.2, 0) is 0 Å². The van der Waals surface area contributed by atoms with Gasteiger partial charge >= 0.3 is 0 Å². The first kappa shape index (κ1) is 9.08. The van der Waals surface area contributed by atoms with Crippen molar-refractivity contribution in [2.45, 2.75) is 12.5 Å². The molecule has 5 heteroatoms. The van der Waals surface area contributed by atoms with Crippen LogP contribution in [0.5, 0.6) is 0 Å². The predicted molar refractivity (Wildman–Crippen MR) is 57.2 cm³/mol. The molecule has 0 amide bonds. The number of hydrogen-bond acceptors (Lipinski definition) is 5. The van der Waals surface area contributed by atoms with E-state index in [1.165, 1.54) is 0 Å². The van der Waals surface area contributed by atoms with Crippen molar-refractivity contribution in [3.8, 4) is 11.4 Å². The zero-order valence-electron chi connectivity index (χ0n) is 8.50. The third kappa shape index (κ3) is 1.56. The Labute approximate surface area is 92.2 Å². The largest absolute Gasteiger partial charge is 0.380 e. The Bertz CT molecular complexity index is 498. The van der Waals surface area contributed by atoms with Gasteiger partial charge in [-0.3, -0.25) is 4.98 Å². The number of aromatic nitrogens is 3. The average molecular weight is 214 g/mol. The van der Waals surface area contributed by atoms with E-state index >= 15 is 0 Å². The molecule has 80 valence electrons. The average Bonchev–Trinajstić information content (AvgIpc) is 3.01. The van der Waals surface area contributed by atoms with Crippen LogP contribution in [0.25, 0.3) is 11.4 Å². The summed E-state index contributed by atoms with van der Waals surface area (Å²) in [5.74, 6) is 1.20. The van der Waals surface area contributed by atoms with Crippen LogP contribution in [0.15, 0.2) is 41.3 Å². The summed E-state index contributed by atoms with van der Waals surface area (Å²) in [4.78, 5) is 8.36. The minimum Gasteiger partial charge on any atom is -0.380 e. The molecular weight excluding hydrogens is 204 g/mol. The van der Waals surface area contributed by atoms with Crippen LogP contribution >= 0.6 is 0 Å². The van der Waals surface area contributed by atoms with Crippen molar-refractivity contribution in [1.82, 2.24) is 20.4 Å². The highest BCUT2D eigenvalue weighted by Gasteiger charge is 2.19. The summed E-state index contributed by atoms with van der Waals surface area (Å²) in [5, 5.41) is 7.08. The van der Waals surface area contributed by atoms with Crippen molar-refractivity contribution >= 4 is 0 Å². The van der Waals surface area contributed by atoms with Crippen molar-refractivity contribution in [2.75, 3.05) is 0 Å². The van der Waals surface area contributed by atoms with E-state index in [4.69, 9.17) is 4.52 Å². The molecule has 3 rings (SSSR count). The Hall–Kier alpha value is -2.17. The third-order valence-corrected chi connectivity index (χ3v) is 2.45. The highest BCUT2D eigenvalue weighted by Crippen LogP contribution is 2.22. The summed E-state index contributed by atoms with van der Waals surface area (Å²) in [6.45, 7) is 0. The minimum atomic E-state index is 0.109. The topological polar surface area (TPSA) is 63.8 Å². The molecule has 1 unspecified atom stereocenters. The molecular formula is C11H10N4O. The minimum absolute atomic E-state index is 0.109. The van der Waals surface area contributed by atoms with E-state index < -0.39 is 0 Å². The van der Waals surface area contributed by atoms with Crippen LogP contribution in [0.4, 0.5) is 0 Å². The Morgan fingerprint density at radius 2 is 2.44 bits per heavy atom. The van der Waals surface area contributed by atoms with Gasteiger partial charge in [0.25, 0.3) is 0 Å². The number of pyridine rings is 1. The fraction of sp³-hybridized carbons (Fsp3) is 0.182. The van der Waals surface area contributed by atoms with Gasteiger partial charge in [-0.25, -0.2) is 0 Å². The lowest BCUT2D eigenvalue weighted by Gasteiger charge is -2.02. The van der Waals surface area contributed by atoms with E-state index in [1.807, 2.05) is 24.4 Å². The fourth-order valence-electron chi connectivity index (χ4n) is 1.62. The molecule has 0 radical (unpaired) electrons. The van der Waals surface area contributed by atoms with Crippen LogP contribution in [0.2, 0.25) is 0 Å². The van der Waals surface area contributed by atoms with Gasteiger partial charge in [-0.05, 0) is 24.8 Å². The normalized spacial score (nSPS) is 18.6. The Morgan fingerprint density at radius 3 is 3.19 bits per heavy atom. The van der Waals surface area contributed by atoms with Gasteiger partial charge in [-0.2, -0.15) is 4.98 Å². The zero-order valence-corrected chi connectivity index (χ0v) is 8.50. The van der Waals surface area contributed by atoms with Gasteiger partial charge in [0.2, 0.25) is 11.7 Å². The first-order valence-electron chi connectivity index (χ1n) is 5.08. The van der Waals surface area contributed by atoms with Crippen molar-refractivity contribution in [2.24, 2.45) is 0 Å². The number of hydrogen-bond donors (Lipinski definition) is 1. The molecule has 0 fully saturated rings. The molecule has 2 aromatic rings. The second-order valence-corrected chi connectivity index (χ2v) is 3.56. The molecule has 3 heterocycles. The van der Waals surface area contributed by atoms with Gasteiger partial charge in [-0.15, -0.1) is 0 Å². The molecule has 0 spiro atoms. The predicted octanol–water partition coefficient (Wildman–Crippen LogP) is 1.68. The van der Waals surface area contributed by atoms with Crippen molar-refractivity contribution < 1.29 is 4.52 Å². The van der Waals surface area contributed by atoms with Gasteiger partial charge in [0.1, 0.15) is 6.04 Å². The molecule has 2 aromatic heterocycles. The van der Waals surface area contributed by atoms with Crippen LogP contribution in [0.3, 0.4) is 0 Å². The van der Waals surface area contributed by atoms with E-state index in [0.29, 0.717) is 11.7 Å². The highest BCUT2D eigenvalue weighted by molar-refractivity contribution is 5.51. The SMILES string of the molecule is C1=CNC(c2nc(-c3cccnc3)no2)C1. The van der Waals surface area contributed by atoms with E-state index in [0.717, 1.165) is 12.0 Å². The Kier molecular flexibility index (Phi) is 2.14. The summed E-state index contributed by atoms with van der Waals surface area (Å²) in [7, 11) is 0. The zero-order chi connectivity index (χ0) is 10.8. The summed E-state index contributed by atoms with van der Waals surface area (Å²) >= 11 is 0. The summed E-state index contributed by atoms with van der Waals surface area (Å²) in [6.07, 6.45) is 8.26. The van der Waals surface area contributed by atoms with Gasteiger partial charge in [0, 0.05) is 18.0 Å². The van der Waals surface area contributed by atoms with Crippen molar-refractivity contribution in [3.63, 3.8) is 0 Å². The lowest BCUT2D eigenvalue weighted by Crippen LogP contribution is -2.09. The third-order valence-electron chi connectivity index (χ3n) is 2.45. The molecule has 1 atom stereocenters. The first-order valence-corrected chi connectivity index (χ1v) is 5.08. The monoisotopic (exact) mass is 214 g/mol. The maximum absolute atomic E-state index is 5.21. The second kappa shape index (κ2) is 3.77. The molecule has 1 aliphatic rings. The van der Waals surface area contributed by atoms with E-state index in [9.17, 15) is 0 Å². The van der Waals surface area contributed by atoms with Crippen LogP contribution in [0.1, 0.15) is 18.4 Å². The number of nitrogens with one attached hydrogen (secondary N) is 1. The molecule has 0 bridgehead atoms. The van der Waals surface area contributed by atoms with E-state index in [1.54, 1.807) is 12.4 Å². The Balaban J connectivity index is 1.88. The molecule has 0 aromatic carbocycles. The quantitative estimate of drug-likeness (QED) is 0.823. The molecule has 5 nitrogen and oxygen atoms in total. The summed E-state index contributed by atoms with van der Waals surface area (Å²) < 4.78 is 5.21. The number of nitrogens with zero attached hydrogens (tertiary/aromatic N) is 3. The van der Waals surface area contributed by atoms with Crippen LogP contribution in [-0.4, -0.2) is 15.1 Å².